The van der Waals surface area contributed by atoms with Gasteiger partial charge in [-0.05, 0) is 38.0 Å². The molecule has 122 valence electrons. The van der Waals surface area contributed by atoms with Crippen LogP contribution in [0.25, 0.3) is 0 Å². The minimum atomic E-state index is -2.47. The first kappa shape index (κ1) is 17.0. The van der Waals surface area contributed by atoms with Gasteiger partial charge < -0.3 is 15.0 Å². The molecule has 0 radical (unpaired) electrons. The molecule has 1 atom stereocenters. The van der Waals surface area contributed by atoms with Crippen LogP contribution in [-0.4, -0.2) is 42.5 Å². The van der Waals surface area contributed by atoms with Crippen LogP contribution in [0.4, 0.5) is 19.3 Å². The highest BCUT2D eigenvalue weighted by Gasteiger charge is 2.23. The summed E-state index contributed by atoms with van der Waals surface area (Å²) < 4.78 is 30.3. The van der Waals surface area contributed by atoms with Crippen molar-refractivity contribution >= 4 is 23.5 Å². The van der Waals surface area contributed by atoms with E-state index in [0.29, 0.717) is 42.0 Å². The third-order valence-corrected chi connectivity index (χ3v) is 4.08. The highest BCUT2D eigenvalue weighted by Crippen LogP contribution is 2.27. The Hall–Kier alpha value is -1.34. The number of hydrogen-bond acceptors (Lipinski definition) is 3. The molecule has 1 N–H and O–H groups in total. The predicted molar refractivity (Wildman–Crippen MR) is 83.5 cm³/mol. The zero-order valence-corrected chi connectivity index (χ0v) is 13.2. The molecule has 2 rings (SSSR count). The highest BCUT2D eigenvalue weighted by molar-refractivity contribution is 7.99. The van der Waals surface area contributed by atoms with E-state index >= 15 is 0 Å². The quantitative estimate of drug-likeness (QED) is 0.829. The van der Waals surface area contributed by atoms with Gasteiger partial charge in [-0.15, -0.1) is 0 Å². The summed E-state index contributed by atoms with van der Waals surface area (Å²) in [5.74, 6) is -2.47. The van der Waals surface area contributed by atoms with Gasteiger partial charge in [-0.3, -0.25) is 0 Å². The van der Waals surface area contributed by atoms with E-state index in [1.54, 1.807) is 29.2 Å². The van der Waals surface area contributed by atoms with Crippen molar-refractivity contribution in [3.05, 3.63) is 24.3 Å². The number of piperidine rings is 1. The zero-order chi connectivity index (χ0) is 15.9. The van der Waals surface area contributed by atoms with Crippen molar-refractivity contribution in [3.8, 4) is 0 Å². The van der Waals surface area contributed by atoms with Crippen molar-refractivity contribution in [2.75, 3.05) is 25.0 Å². The minimum Gasteiger partial charge on any atom is -0.377 e. The Morgan fingerprint density at radius 3 is 3.09 bits per heavy atom. The standard InChI is InChI=1S/C15H20F2N2O2S/c1-2-21-12-6-4-8-19(10-12)15(20)18-11-5-3-7-13(9-11)22-14(16)17/h3,5,7,9,12,14H,2,4,6,8,10H2,1H3,(H,18,20). The number of ether oxygens (including phenoxy) is 1. The summed E-state index contributed by atoms with van der Waals surface area (Å²) >= 11 is 0.464. The molecule has 1 aromatic rings. The summed E-state index contributed by atoms with van der Waals surface area (Å²) in [6, 6.07) is 6.28. The SMILES string of the molecule is CCOC1CCCN(C(=O)Nc2cccc(SC(F)F)c2)C1. The lowest BCUT2D eigenvalue weighted by atomic mass is 10.1. The second kappa shape index (κ2) is 8.33. The normalized spacial score (nSPS) is 18.5. The average molecular weight is 330 g/mol. The van der Waals surface area contributed by atoms with E-state index in [9.17, 15) is 13.6 Å². The average Bonchev–Trinajstić information content (AvgIpc) is 2.47. The van der Waals surface area contributed by atoms with Crippen LogP contribution in [0.3, 0.4) is 0 Å². The molecule has 7 heteroatoms. The second-order valence-corrected chi connectivity index (χ2v) is 6.07. The van der Waals surface area contributed by atoms with E-state index in [2.05, 4.69) is 5.32 Å². The van der Waals surface area contributed by atoms with E-state index < -0.39 is 5.76 Å². The number of anilines is 1. The van der Waals surface area contributed by atoms with Gasteiger partial charge in [-0.2, -0.15) is 8.78 Å². The molecular weight excluding hydrogens is 310 g/mol. The Labute approximate surface area is 133 Å². The van der Waals surface area contributed by atoms with Crippen molar-refractivity contribution in [1.29, 1.82) is 0 Å². The first-order valence-electron chi connectivity index (χ1n) is 7.31. The molecule has 0 spiro atoms. The van der Waals surface area contributed by atoms with E-state index in [1.807, 2.05) is 6.92 Å². The lowest BCUT2D eigenvalue weighted by Crippen LogP contribution is -2.45. The van der Waals surface area contributed by atoms with Crippen LogP contribution in [-0.2, 0) is 4.74 Å². The number of hydrogen-bond donors (Lipinski definition) is 1. The van der Waals surface area contributed by atoms with Crippen LogP contribution in [0.1, 0.15) is 19.8 Å². The van der Waals surface area contributed by atoms with Gasteiger partial charge in [0.1, 0.15) is 0 Å². The Balaban J connectivity index is 1.93. The van der Waals surface area contributed by atoms with Crippen molar-refractivity contribution in [2.24, 2.45) is 0 Å². The summed E-state index contributed by atoms with van der Waals surface area (Å²) in [7, 11) is 0. The van der Waals surface area contributed by atoms with Crippen LogP contribution in [0.5, 0.6) is 0 Å². The van der Waals surface area contributed by atoms with Crippen LogP contribution in [0.2, 0.25) is 0 Å². The minimum absolute atomic E-state index is 0.0743. The van der Waals surface area contributed by atoms with Gasteiger partial charge in [0.15, 0.2) is 0 Å². The number of carbonyl (C=O) groups is 1. The molecule has 4 nitrogen and oxygen atoms in total. The van der Waals surface area contributed by atoms with E-state index in [4.69, 9.17) is 4.74 Å². The number of rotatable bonds is 5. The van der Waals surface area contributed by atoms with Gasteiger partial charge in [-0.25, -0.2) is 4.79 Å². The van der Waals surface area contributed by atoms with Gasteiger partial charge in [-0.1, -0.05) is 17.8 Å². The van der Waals surface area contributed by atoms with E-state index in [1.165, 1.54) is 0 Å². The summed E-state index contributed by atoms with van der Waals surface area (Å²) in [5, 5.41) is 2.76. The van der Waals surface area contributed by atoms with Crippen molar-refractivity contribution in [3.63, 3.8) is 0 Å². The van der Waals surface area contributed by atoms with Crippen molar-refractivity contribution in [1.82, 2.24) is 4.90 Å². The molecule has 0 saturated carbocycles. The number of alkyl halides is 2. The van der Waals surface area contributed by atoms with Crippen molar-refractivity contribution < 1.29 is 18.3 Å². The fraction of sp³-hybridized carbons (Fsp3) is 0.533. The molecule has 0 aliphatic carbocycles. The molecule has 22 heavy (non-hydrogen) atoms. The maximum atomic E-state index is 12.4. The summed E-state index contributed by atoms with van der Waals surface area (Å²) in [6.45, 7) is 3.81. The summed E-state index contributed by atoms with van der Waals surface area (Å²) in [4.78, 5) is 14.4. The smallest absolute Gasteiger partial charge is 0.321 e. The topological polar surface area (TPSA) is 41.6 Å². The molecule has 0 aromatic heterocycles. The summed E-state index contributed by atoms with van der Waals surface area (Å²) in [6.07, 6.45) is 1.93. The zero-order valence-electron chi connectivity index (χ0n) is 12.4. The van der Waals surface area contributed by atoms with E-state index in [-0.39, 0.29) is 12.1 Å². The first-order chi connectivity index (χ1) is 10.6. The molecule has 1 saturated heterocycles. The fourth-order valence-corrected chi connectivity index (χ4v) is 3.00. The van der Waals surface area contributed by atoms with Gasteiger partial charge >= 0.3 is 6.03 Å². The molecule has 1 aliphatic heterocycles. The van der Waals surface area contributed by atoms with Crippen LogP contribution < -0.4 is 5.32 Å². The number of amides is 2. The molecule has 2 amide bonds. The van der Waals surface area contributed by atoms with E-state index in [0.717, 1.165) is 12.8 Å². The largest absolute Gasteiger partial charge is 0.377 e. The van der Waals surface area contributed by atoms with Gasteiger partial charge in [0.25, 0.3) is 5.76 Å². The number of urea groups is 1. The first-order valence-corrected chi connectivity index (χ1v) is 8.19. The Morgan fingerprint density at radius 1 is 1.55 bits per heavy atom. The molecule has 1 unspecified atom stereocenters. The number of nitrogens with one attached hydrogen (secondary N) is 1. The number of halogens is 2. The predicted octanol–water partition coefficient (Wildman–Crippen LogP) is 4.03. The highest BCUT2D eigenvalue weighted by atomic mass is 32.2. The van der Waals surface area contributed by atoms with Crippen LogP contribution in [0, 0.1) is 0 Å². The maximum Gasteiger partial charge on any atom is 0.321 e. The number of carbonyl (C=O) groups excluding carboxylic acids is 1. The fourth-order valence-electron chi connectivity index (χ4n) is 2.45. The van der Waals surface area contributed by atoms with Gasteiger partial charge in [0.2, 0.25) is 0 Å². The molecule has 0 bridgehead atoms. The molecular formula is C15H20F2N2O2S. The number of likely N-dealkylation sites (tertiary alicyclic amines) is 1. The van der Waals surface area contributed by atoms with Crippen LogP contribution >= 0.6 is 11.8 Å². The summed E-state index contributed by atoms with van der Waals surface area (Å²) in [5.41, 5.74) is 0.522. The molecule has 1 heterocycles. The number of benzene rings is 1. The third kappa shape index (κ3) is 5.14. The van der Waals surface area contributed by atoms with Gasteiger partial charge in [0, 0.05) is 30.3 Å². The Morgan fingerprint density at radius 2 is 2.36 bits per heavy atom. The second-order valence-electron chi connectivity index (χ2n) is 5.00. The molecule has 1 aliphatic rings. The molecule has 1 fully saturated rings. The van der Waals surface area contributed by atoms with Crippen molar-refractivity contribution in [2.45, 2.75) is 36.5 Å². The Bertz CT molecular complexity index is 500. The lowest BCUT2D eigenvalue weighted by Gasteiger charge is -2.32. The van der Waals surface area contributed by atoms with Gasteiger partial charge in [0.05, 0.1) is 6.10 Å². The third-order valence-electron chi connectivity index (χ3n) is 3.38. The molecule has 1 aromatic carbocycles. The number of nitrogens with zero attached hydrogens (tertiary/aromatic N) is 1. The lowest BCUT2D eigenvalue weighted by molar-refractivity contribution is 0.0181. The monoisotopic (exact) mass is 330 g/mol. The number of thioether (sulfide) groups is 1. The van der Waals surface area contributed by atoms with Crippen LogP contribution in [0.15, 0.2) is 29.2 Å². The maximum absolute atomic E-state index is 12.4. The Kier molecular flexibility index (Phi) is 6.45.